The summed E-state index contributed by atoms with van der Waals surface area (Å²) in [6, 6.07) is 18.4. The van der Waals surface area contributed by atoms with E-state index in [1.165, 1.54) is 12.1 Å². The van der Waals surface area contributed by atoms with Gasteiger partial charge < -0.3 is 10.1 Å². The van der Waals surface area contributed by atoms with E-state index in [4.69, 9.17) is 4.74 Å². The maximum atomic E-state index is 12.7. The first-order valence-electron chi connectivity index (χ1n) is 8.14. The first-order chi connectivity index (χ1) is 12.8. The van der Waals surface area contributed by atoms with Gasteiger partial charge in [-0.3, -0.25) is 4.79 Å². The summed E-state index contributed by atoms with van der Waals surface area (Å²) in [5, 5.41) is 2.47. The number of carbonyl (C=O) groups excluding carboxylic acids is 1. The third-order valence-electron chi connectivity index (χ3n) is 3.79. The van der Waals surface area contributed by atoms with Crippen molar-refractivity contribution < 1.29 is 22.7 Å². The average molecular weight is 371 g/mol. The molecule has 27 heavy (non-hydrogen) atoms. The number of halogens is 3. The van der Waals surface area contributed by atoms with Gasteiger partial charge in [0.25, 0.3) is 5.91 Å². The molecule has 0 aliphatic carbocycles. The Labute approximate surface area is 154 Å². The van der Waals surface area contributed by atoms with E-state index >= 15 is 0 Å². The molecule has 0 aliphatic rings. The van der Waals surface area contributed by atoms with Crippen molar-refractivity contribution in [3.63, 3.8) is 0 Å². The van der Waals surface area contributed by atoms with Gasteiger partial charge in [0.15, 0.2) is 0 Å². The van der Waals surface area contributed by atoms with Crippen molar-refractivity contribution in [1.29, 1.82) is 0 Å². The average Bonchev–Trinajstić information content (AvgIpc) is 2.62. The number of aryl methyl sites for hydroxylation is 1. The van der Waals surface area contributed by atoms with Crippen molar-refractivity contribution in [3.8, 4) is 11.5 Å². The van der Waals surface area contributed by atoms with Crippen LogP contribution in [0.5, 0.6) is 11.5 Å². The Hall–Kier alpha value is -3.28. The SMILES string of the molecule is Cc1cccc(Oc2ccc(C(=O)Nc3cccc(C(F)(F)F)c3)cc2)c1. The number of nitrogens with one attached hydrogen (secondary N) is 1. The number of hydrogen-bond acceptors (Lipinski definition) is 2. The van der Waals surface area contributed by atoms with E-state index in [1.807, 2.05) is 31.2 Å². The third-order valence-corrected chi connectivity index (χ3v) is 3.79. The number of hydrogen-bond donors (Lipinski definition) is 1. The van der Waals surface area contributed by atoms with Gasteiger partial charge >= 0.3 is 6.18 Å². The molecule has 1 amide bonds. The molecular formula is C21H16F3NO2. The first kappa shape index (κ1) is 18.5. The van der Waals surface area contributed by atoms with Crippen molar-refractivity contribution >= 4 is 11.6 Å². The van der Waals surface area contributed by atoms with Gasteiger partial charge in [0.1, 0.15) is 11.5 Å². The monoisotopic (exact) mass is 371 g/mol. The van der Waals surface area contributed by atoms with Crippen molar-refractivity contribution in [2.75, 3.05) is 5.32 Å². The van der Waals surface area contributed by atoms with Gasteiger partial charge in [-0.15, -0.1) is 0 Å². The van der Waals surface area contributed by atoms with Crippen molar-refractivity contribution in [2.24, 2.45) is 0 Å². The molecule has 0 aliphatic heterocycles. The van der Waals surface area contributed by atoms with Crippen LogP contribution in [0.2, 0.25) is 0 Å². The summed E-state index contributed by atoms with van der Waals surface area (Å²) in [6.45, 7) is 1.95. The Morgan fingerprint density at radius 1 is 0.889 bits per heavy atom. The highest BCUT2D eigenvalue weighted by Crippen LogP contribution is 2.30. The van der Waals surface area contributed by atoms with Crippen molar-refractivity contribution in [1.82, 2.24) is 0 Å². The summed E-state index contributed by atoms with van der Waals surface area (Å²) < 4.78 is 44.0. The molecule has 0 atom stereocenters. The first-order valence-corrected chi connectivity index (χ1v) is 8.14. The fourth-order valence-corrected chi connectivity index (χ4v) is 2.47. The second-order valence-electron chi connectivity index (χ2n) is 5.98. The Bertz CT molecular complexity index is 950. The van der Waals surface area contributed by atoms with Crippen LogP contribution in [-0.2, 0) is 6.18 Å². The van der Waals surface area contributed by atoms with Crippen LogP contribution >= 0.6 is 0 Å². The molecule has 3 rings (SSSR count). The maximum absolute atomic E-state index is 12.7. The number of rotatable bonds is 4. The number of anilines is 1. The number of ether oxygens (including phenoxy) is 1. The molecule has 138 valence electrons. The zero-order valence-electron chi connectivity index (χ0n) is 14.4. The quantitative estimate of drug-likeness (QED) is 0.605. The summed E-state index contributed by atoms with van der Waals surface area (Å²) >= 11 is 0. The Kier molecular flexibility index (Phi) is 5.16. The fourth-order valence-electron chi connectivity index (χ4n) is 2.47. The van der Waals surface area contributed by atoms with Crippen LogP contribution in [0.1, 0.15) is 21.5 Å². The molecule has 1 N–H and O–H groups in total. The van der Waals surface area contributed by atoms with E-state index in [-0.39, 0.29) is 5.69 Å². The highest BCUT2D eigenvalue weighted by Gasteiger charge is 2.30. The van der Waals surface area contributed by atoms with Crippen LogP contribution in [0.4, 0.5) is 18.9 Å². The lowest BCUT2D eigenvalue weighted by Crippen LogP contribution is -2.13. The van der Waals surface area contributed by atoms with Gasteiger partial charge in [-0.1, -0.05) is 18.2 Å². The normalized spacial score (nSPS) is 11.1. The van der Waals surface area contributed by atoms with E-state index in [1.54, 1.807) is 24.3 Å². The van der Waals surface area contributed by atoms with Crippen molar-refractivity contribution in [2.45, 2.75) is 13.1 Å². The highest BCUT2D eigenvalue weighted by atomic mass is 19.4. The van der Waals surface area contributed by atoms with E-state index < -0.39 is 17.6 Å². The van der Waals surface area contributed by atoms with Crippen LogP contribution in [0.15, 0.2) is 72.8 Å². The minimum Gasteiger partial charge on any atom is -0.457 e. The Morgan fingerprint density at radius 3 is 2.26 bits per heavy atom. The predicted octanol–water partition coefficient (Wildman–Crippen LogP) is 6.06. The van der Waals surface area contributed by atoms with Crippen molar-refractivity contribution in [3.05, 3.63) is 89.5 Å². The maximum Gasteiger partial charge on any atom is 0.416 e. The summed E-state index contributed by atoms with van der Waals surface area (Å²) in [6.07, 6.45) is -4.46. The van der Waals surface area contributed by atoms with E-state index in [0.29, 0.717) is 17.1 Å². The number of benzene rings is 3. The topological polar surface area (TPSA) is 38.3 Å². The number of amides is 1. The lowest BCUT2D eigenvalue weighted by Gasteiger charge is -2.10. The summed E-state index contributed by atoms with van der Waals surface area (Å²) in [5.41, 5.74) is 0.630. The molecule has 0 bridgehead atoms. The molecule has 3 nitrogen and oxygen atoms in total. The molecular weight excluding hydrogens is 355 g/mol. The number of carbonyl (C=O) groups is 1. The van der Waals surface area contributed by atoms with Gasteiger partial charge in [-0.05, 0) is 67.1 Å². The van der Waals surface area contributed by atoms with Gasteiger partial charge in [0, 0.05) is 11.3 Å². The highest BCUT2D eigenvalue weighted by molar-refractivity contribution is 6.04. The molecule has 0 unspecified atom stereocenters. The van der Waals surface area contributed by atoms with Crippen LogP contribution in [0, 0.1) is 6.92 Å². The molecule has 0 spiro atoms. The standard InChI is InChI=1S/C21H16F3NO2/c1-14-4-2-7-19(12-14)27-18-10-8-15(9-11-18)20(26)25-17-6-3-5-16(13-17)21(22,23)24/h2-13H,1H3,(H,25,26). The lowest BCUT2D eigenvalue weighted by atomic mass is 10.1. The number of alkyl halides is 3. The van der Waals surface area contributed by atoms with E-state index in [0.717, 1.165) is 17.7 Å². The Morgan fingerprint density at radius 2 is 1.59 bits per heavy atom. The molecule has 0 saturated carbocycles. The molecule has 0 aromatic heterocycles. The van der Waals surface area contributed by atoms with Crippen LogP contribution < -0.4 is 10.1 Å². The summed E-state index contributed by atoms with van der Waals surface area (Å²) in [5.74, 6) is 0.726. The van der Waals surface area contributed by atoms with Gasteiger partial charge in [0.05, 0.1) is 5.56 Å². The van der Waals surface area contributed by atoms with E-state index in [9.17, 15) is 18.0 Å². The van der Waals surface area contributed by atoms with E-state index in [2.05, 4.69) is 5.32 Å². The van der Waals surface area contributed by atoms with Crippen LogP contribution in [0.3, 0.4) is 0 Å². The fraction of sp³-hybridized carbons (Fsp3) is 0.0952. The van der Waals surface area contributed by atoms with Gasteiger partial charge in [-0.25, -0.2) is 0 Å². The molecule has 3 aromatic rings. The minimum absolute atomic E-state index is 0.0786. The van der Waals surface area contributed by atoms with Gasteiger partial charge in [0.2, 0.25) is 0 Å². The van der Waals surface area contributed by atoms with Gasteiger partial charge in [-0.2, -0.15) is 13.2 Å². The second-order valence-corrected chi connectivity index (χ2v) is 5.98. The van der Waals surface area contributed by atoms with Crippen LogP contribution in [-0.4, -0.2) is 5.91 Å². The molecule has 0 radical (unpaired) electrons. The largest absolute Gasteiger partial charge is 0.457 e. The minimum atomic E-state index is -4.46. The molecule has 0 fully saturated rings. The smallest absolute Gasteiger partial charge is 0.416 e. The lowest BCUT2D eigenvalue weighted by molar-refractivity contribution is -0.137. The summed E-state index contributed by atoms with van der Waals surface area (Å²) in [4.78, 5) is 12.3. The third kappa shape index (κ3) is 4.88. The predicted molar refractivity (Wildman–Crippen MR) is 97.1 cm³/mol. The molecule has 3 aromatic carbocycles. The molecule has 0 heterocycles. The molecule has 0 saturated heterocycles. The Balaban J connectivity index is 1.69. The second kappa shape index (κ2) is 7.53. The molecule has 6 heteroatoms. The van der Waals surface area contributed by atoms with Crippen LogP contribution in [0.25, 0.3) is 0 Å². The summed E-state index contributed by atoms with van der Waals surface area (Å²) in [7, 11) is 0. The zero-order valence-corrected chi connectivity index (χ0v) is 14.4. The zero-order chi connectivity index (χ0) is 19.4.